The summed E-state index contributed by atoms with van der Waals surface area (Å²) in [6, 6.07) is 11.9. The van der Waals surface area contributed by atoms with Crippen LogP contribution >= 0.6 is 27.7 Å². The number of ether oxygens (including phenoxy) is 2. The minimum atomic E-state index is -3.19. The predicted octanol–water partition coefficient (Wildman–Crippen LogP) is 3.18. The molecule has 0 saturated carbocycles. The highest BCUT2D eigenvalue weighted by atomic mass is 79.9. The Bertz CT molecular complexity index is 1150. The van der Waals surface area contributed by atoms with E-state index in [-0.39, 0.29) is 35.2 Å². The summed E-state index contributed by atoms with van der Waals surface area (Å²) in [6.45, 7) is 0. The number of amides is 1. The number of thioether (sulfide) groups is 1. The van der Waals surface area contributed by atoms with E-state index >= 15 is 0 Å². The van der Waals surface area contributed by atoms with E-state index in [1.165, 1.54) is 11.8 Å². The summed E-state index contributed by atoms with van der Waals surface area (Å²) in [5.74, 6) is 1.13. The van der Waals surface area contributed by atoms with Crippen LogP contribution in [0.2, 0.25) is 0 Å². The lowest BCUT2D eigenvalue weighted by molar-refractivity contribution is -0.113. The Labute approximate surface area is 199 Å². The standard InChI is InChI=1S/C21H22BrN3O5S2/c1-29-15-7-8-19(30-2)17(9-15)25-18-12-32(27,28)11-16(18)24-21(25)31-10-20(26)23-14-5-3-13(22)4-6-14/h3-9,16,18H,10-12H2,1-2H3,(H,23,26)/t16-,18+/m1/s1. The summed E-state index contributed by atoms with van der Waals surface area (Å²) in [5, 5.41) is 3.45. The number of nitrogens with one attached hydrogen (secondary N) is 1. The largest absolute Gasteiger partial charge is 0.497 e. The van der Waals surface area contributed by atoms with Gasteiger partial charge in [0.25, 0.3) is 0 Å². The van der Waals surface area contributed by atoms with Crippen molar-refractivity contribution < 1.29 is 22.7 Å². The lowest BCUT2D eigenvalue weighted by Gasteiger charge is -2.28. The fourth-order valence-electron chi connectivity index (χ4n) is 3.76. The molecule has 1 N–H and O–H groups in total. The van der Waals surface area contributed by atoms with E-state index in [4.69, 9.17) is 9.47 Å². The van der Waals surface area contributed by atoms with Crippen LogP contribution < -0.4 is 19.7 Å². The average molecular weight is 540 g/mol. The maximum Gasteiger partial charge on any atom is 0.234 e. The fourth-order valence-corrected chi connectivity index (χ4v) is 6.78. The molecule has 32 heavy (non-hydrogen) atoms. The number of carbonyl (C=O) groups is 1. The van der Waals surface area contributed by atoms with E-state index < -0.39 is 9.84 Å². The van der Waals surface area contributed by atoms with Gasteiger partial charge in [-0.05, 0) is 36.4 Å². The lowest BCUT2D eigenvalue weighted by atomic mass is 10.1. The lowest BCUT2D eigenvalue weighted by Crippen LogP contribution is -2.39. The molecule has 0 bridgehead atoms. The van der Waals surface area contributed by atoms with Gasteiger partial charge in [-0.2, -0.15) is 0 Å². The Kier molecular flexibility index (Phi) is 6.68. The number of aliphatic imine (C=N–C) groups is 1. The number of fused-ring (bicyclic) bond motifs is 1. The molecule has 1 saturated heterocycles. The molecule has 2 aliphatic heterocycles. The third kappa shape index (κ3) is 4.89. The summed E-state index contributed by atoms with van der Waals surface area (Å²) >= 11 is 4.64. The van der Waals surface area contributed by atoms with E-state index in [9.17, 15) is 13.2 Å². The number of methoxy groups -OCH3 is 2. The zero-order valence-electron chi connectivity index (χ0n) is 17.4. The van der Waals surface area contributed by atoms with Gasteiger partial charge in [-0.25, -0.2) is 8.42 Å². The number of hydrogen-bond acceptors (Lipinski definition) is 8. The number of sulfone groups is 1. The zero-order valence-corrected chi connectivity index (χ0v) is 20.7. The van der Waals surface area contributed by atoms with Crippen LogP contribution in [-0.2, 0) is 14.6 Å². The number of amidine groups is 1. The number of halogens is 1. The molecule has 2 aliphatic rings. The molecule has 0 radical (unpaired) electrons. The van der Waals surface area contributed by atoms with Crippen molar-refractivity contribution in [1.82, 2.24) is 0 Å². The van der Waals surface area contributed by atoms with Crippen molar-refractivity contribution in [3.63, 3.8) is 0 Å². The average Bonchev–Trinajstić information content (AvgIpc) is 3.24. The summed E-state index contributed by atoms with van der Waals surface area (Å²) in [7, 11) is -0.0743. The molecule has 2 atom stereocenters. The third-order valence-corrected chi connectivity index (χ3v) is 8.41. The van der Waals surface area contributed by atoms with Gasteiger partial charge in [0.05, 0.1) is 49.2 Å². The molecule has 2 aromatic rings. The monoisotopic (exact) mass is 539 g/mol. The Morgan fingerprint density at radius 3 is 2.62 bits per heavy atom. The molecular formula is C21H22BrN3O5S2. The number of hydrogen-bond donors (Lipinski definition) is 1. The normalized spacial score (nSPS) is 21.1. The molecule has 1 fully saturated rings. The Hall–Kier alpha value is -2.24. The summed E-state index contributed by atoms with van der Waals surface area (Å²) in [4.78, 5) is 19.1. The van der Waals surface area contributed by atoms with Gasteiger partial charge in [-0.15, -0.1) is 0 Å². The third-order valence-electron chi connectivity index (χ3n) is 5.21. The first-order valence-corrected chi connectivity index (χ1v) is 13.4. The van der Waals surface area contributed by atoms with Crippen LogP contribution in [0.5, 0.6) is 11.5 Å². The Morgan fingerprint density at radius 1 is 1.19 bits per heavy atom. The highest BCUT2D eigenvalue weighted by Crippen LogP contribution is 2.41. The molecular weight excluding hydrogens is 518 g/mol. The van der Waals surface area contributed by atoms with Crippen molar-refractivity contribution in [3.8, 4) is 11.5 Å². The molecule has 4 rings (SSSR count). The van der Waals surface area contributed by atoms with Crippen LogP contribution in [0.1, 0.15) is 0 Å². The minimum Gasteiger partial charge on any atom is -0.497 e. The molecule has 0 unspecified atom stereocenters. The van der Waals surface area contributed by atoms with Gasteiger partial charge in [0.1, 0.15) is 11.5 Å². The minimum absolute atomic E-state index is 0.00329. The molecule has 2 heterocycles. The van der Waals surface area contributed by atoms with Gasteiger partial charge >= 0.3 is 0 Å². The fraction of sp³-hybridized carbons (Fsp3) is 0.333. The molecule has 11 heteroatoms. The zero-order chi connectivity index (χ0) is 22.9. The van der Waals surface area contributed by atoms with Gasteiger partial charge in [0.2, 0.25) is 5.91 Å². The first kappa shape index (κ1) is 22.9. The quantitative estimate of drug-likeness (QED) is 0.601. The maximum atomic E-state index is 12.5. The SMILES string of the molecule is COc1ccc(OC)c(N2C(SCC(=O)Nc3ccc(Br)cc3)=N[C@@H]3CS(=O)(=O)C[C@@H]32)c1. The van der Waals surface area contributed by atoms with Gasteiger partial charge < -0.3 is 19.7 Å². The first-order chi connectivity index (χ1) is 15.3. The second kappa shape index (κ2) is 9.32. The van der Waals surface area contributed by atoms with Gasteiger partial charge in [0, 0.05) is 16.2 Å². The number of benzene rings is 2. The molecule has 0 spiro atoms. The highest BCUT2D eigenvalue weighted by molar-refractivity contribution is 9.10. The van der Waals surface area contributed by atoms with Crippen LogP contribution in [0.15, 0.2) is 51.9 Å². The second-order valence-corrected chi connectivity index (χ2v) is 11.4. The number of carbonyl (C=O) groups excluding carboxylic acids is 1. The van der Waals surface area contributed by atoms with Gasteiger partial charge in [-0.3, -0.25) is 9.79 Å². The number of nitrogens with zero attached hydrogens (tertiary/aromatic N) is 2. The van der Waals surface area contributed by atoms with Crippen molar-refractivity contribution in [2.24, 2.45) is 4.99 Å². The van der Waals surface area contributed by atoms with E-state index in [1.807, 2.05) is 29.2 Å². The summed E-state index contributed by atoms with van der Waals surface area (Å²) in [5.41, 5.74) is 1.36. The van der Waals surface area contributed by atoms with Crippen molar-refractivity contribution in [1.29, 1.82) is 0 Å². The van der Waals surface area contributed by atoms with E-state index in [1.54, 1.807) is 32.4 Å². The van der Waals surface area contributed by atoms with Crippen LogP contribution in [0.4, 0.5) is 11.4 Å². The molecule has 170 valence electrons. The molecule has 2 aromatic carbocycles. The maximum absolute atomic E-state index is 12.5. The van der Waals surface area contributed by atoms with Gasteiger partial charge in [0.15, 0.2) is 15.0 Å². The predicted molar refractivity (Wildman–Crippen MR) is 131 cm³/mol. The molecule has 0 aromatic heterocycles. The highest BCUT2D eigenvalue weighted by Gasteiger charge is 2.48. The topological polar surface area (TPSA) is 97.3 Å². The van der Waals surface area contributed by atoms with Gasteiger partial charge in [-0.1, -0.05) is 27.7 Å². The van der Waals surface area contributed by atoms with E-state index in [0.29, 0.717) is 28.0 Å². The Morgan fingerprint density at radius 2 is 1.94 bits per heavy atom. The van der Waals surface area contributed by atoms with Crippen molar-refractivity contribution in [3.05, 3.63) is 46.9 Å². The molecule has 0 aliphatic carbocycles. The molecule has 8 nitrogen and oxygen atoms in total. The number of anilines is 2. The number of rotatable bonds is 6. The Balaban J connectivity index is 1.57. The van der Waals surface area contributed by atoms with Crippen molar-refractivity contribution >= 4 is 60.0 Å². The summed E-state index contributed by atoms with van der Waals surface area (Å²) < 4.78 is 36.4. The molecule has 1 amide bonds. The second-order valence-electron chi connectivity index (χ2n) is 7.37. The summed E-state index contributed by atoms with van der Waals surface area (Å²) in [6.07, 6.45) is 0. The smallest absolute Gasteiger partial charge is 0.234 e. The van der Waals surface area contributed by atoms with Crippen LogP contribution in [-0.4, -0.2) is 63.1 Å². The van der Waals surface area contributed by atoms with Crippen molar-refractivity contribution in [2.45, 2.75) is 12.1 Å². The van der Waals surface area contributed by atoms with Crippen LogP contribution in [0.3, 0.4) is 0 Å². The van der Waals surface area contributed by atoms with Crippen LogP contribution in [0, 0.1) is 0 Å². The van der Waals surface area contributed by atoms with E-state index in [2.05, 4.69) is 26.2 Å². The van der Waals surface area contributed by atoms with Crippen LogP contribution in [0.25, 0.3) is 0 Å². The van der Waals surface area contributed by atoms with E-state index in [0.717, 1.165) is 4.47 Å². The van der Waals surface area contributed by atoms with Crippen molar-refractivity contribution in [2.75, 3.05) is 41.7 Å². The first-order valence-electron chi connectivity index (χ1n) is 9.77.